The van der Waals surface area contributed by atoms with E-state index in [-0.39, 0.29) is 5.91 Å². The summed E-state index contributed by atoms with van der Waals surface area (Å²) >= 11 is 11.2. The molecule has 1 N–H and O–H groups in total. The Balaban J connectivity index is 1.70. The minimum atomic E-state index is -0.0494. The molecule has 1 saturated heterocycles. The van der Waals surface area contributed by atoms with Gasteiger partial charge in [0.05, 0.1) is 17.1 Å². The van der Waals surface area contributed by atoms with Crippen LogP contribution >= 0.6 is 39.3 Å². The molecule has 0 spiro atoms. The molecule has 1 fully saturated rings. The number of hydrogen-bond donors (Lipinski definition) is 1. The predicted octanol–water partition coefficient (Wildman–Crippen LogP) is 5.30. The Kier molecular flexibility index (Phi) is 4.92. The third-order valence-electron chi connectivity index (χ3n) is 4.77. The maximum absolute atomic E-state index is 11.6. The van der Waals surface area contributed by atoms with Crippen LogP contribution in [0.3, 0.4) is 0 Å². The normalized spacial score (nSPS) is 15.3. The van der Waals surface area contributed by atoms with Gasteiger partial charge in [-0.1, -0.05) is 45.4 Å². The number of amides is 1. The van der Waals surface area contributed by atoms with Crippen molar-refractivity contribution >= 4 is 67.1 Å². The molecule has 9 heteroatoms. The Hall–Kier alpha value is -2.55. The van der Waals surface area contributed by atoms with Crippen LogP contribution in [0.25, 0.3) is 27.8 Å². The van der Waals surface area contributed by atoms with Crippen LogP contribution in [0.2, 0.25) is 5.02 Å². The molecule has 0 unspecified atom stereocenters. The zero-order chi connectivity index (χ0) is 20.8. The fourth-order valence-corrected chi connectivity index (χ4v) is 4.67. The molecule has 0 saturated carbocycles. The summed E-state index contributed by atoms with van der Waals surface area (Å²) in [6.45, 7) is 0. The van der Waals surface area contributed by atoms with Gasteiger partial charge in [-0.2, -0.15) is 5.10 Å². The van der Waals surface area contributed by atoms with E-state index in [0.29, 0.717) is 21.8 Å². The van der Waals surface area contributed by atoms with Gasteiger partial charge in [-0.25, -0.2) is 9.67 Å². The summed E-state index contributed by atoms with van der Waals surface area (Å²) in [5.74, 6) is 0.935. The zero-order valence-corrected chi connectivity index (χ0v) is 18.9. The van der Waals surface area contributed by atoms with Crippen LogP contribution in [0.4, 0.5) is 5.82 Å². The van der Waals surface area contributed by atoms with E-state index in [1.54, 1.807) is 4.68 Å². The lowest BCUT2D eigenvalue weighted by atomic mass is 10.1. The number of rotatable bonds is 3. The van der Waals surface area contributed by atoms with E-state index in [1.807, 2.05) is 43.4 Å². The first-order valence-corrected chi connectivity index (χ1v) is 11.3. The van der Waals surface area contributed by atoms with Crippen LogP contribution in [0.15, 0.2) is 64.2 Å². The maximum Gasteiger partial charge on any atom is 0.236 e. The van der Waals surface area contributed by atoms with Crippen LogP contribution in [-0.2, 0) is 11.8 Å². The van der Waals surface area contributed by atoms with Crippen LogP contribution in [-0.4, -0.2) is 31.2 Å². The lowest BCUT2D eigenvalue weighted by molar-refractivity contribution is -0.116. The fourth-order valence-electron chi connectivity index (χ4n) is 3.44. The summed E-state index contributed by atoms with van der Waals surface area (Å²) < 4.78 is 4.83. The van der Waals surface area contributed by atoms with Crippen LogP contribution in [0.1, 0.15) is 0 Å². The molecule has 2 aromatic carbocycles. The number of aromatic nitrogens is 3. The van der Waals surface area contributed by atoms with E-state index < -0.39 is 0 Å². The average Bonchev–Trinajstić information content (AvgIpc) is 3.40. The minimum absolute atomic E-state index is 0.0494. The van der Waals surface area contributed by atoms with Crippen LogP contribution in [0.5, 0.6) is 0 Å². The Labute approximate surface area is 190 Å². The van der Waals surface area contributed by atoms with Gasteiger partial charge in [0.2, 0.25) is 5.91 Å². The third-order valence-corrected chi connectivity index (χ3v) is 6.37. The minimum Gasteiger partial charge on any atom is -0.350 e. The Morgan fingerprint density at radius 2 is 2.10 bits per heavy atom. The summed E-state index contributed by atoms with van der Waals surface area (Å²) in [5.41, 5.74) is 3.69. The second-order valence-corrected chi connectivity index (χ2v) is 9.16. The number of thioether (sulfide) groups is 1. The number of nitrogens with one attached hydrogen (secondary N) is 1. The van der Waals surface area contributed by atoms with Crippen molar-refractivity contribution < 1.29 is 4.79 Å². The molecular weight excluding hydrogens is 486 g/mol. The van der Waals surface area contributed by atoms with E-state index in [2.05, 4.69) is 49.1 Å². The summed E-state index contributed by atoms with van der Waals surface area (Å²) in [7, 11) is 2.01. The number of benzene rings is 2. The molecule has 3 heterocycles. The molecule has 30 heavy (non-hydrogen) atoms. The lowest BCUT2D eigenvalue weighted by Crippen LogP contribution is -2.20. The SMILES string of the molecule is Cn1cc(-c2cc(N=C3NC(=O)CS3)n(-c3cccc(Cl)c3)n2)c2cc(Br)ccc21. The molecule has 6 nitrogen and oxygen atoms in total. The fraction of sp³-hybridized carbons (Fsp3) is 0.0952. The number of carbonyl (C=O) groups excluding carboxylic acids is 1. The largest absolute Gasteiger partial charge is 0.350 e. The van der Waals surface area contributed by atoms with Crippen LogP contribution in [0, 0.1) is 0 Å². The molecule has 0 bridgehead atoms. The molecular formula is C21H15BrClN5OS. The molecule has 4 aromatic rings. The summed E-state index contributed by atoms with van der Waals surface area (Å²) in [6.07, 6.45) is 2.06. The monoisotopic (exact) mass is 499 g/mol. The summed E-state index contributed by atoms with van der Waals surface area (Å²) in [4.78, 5) is 16.2. The third kappa shape index (κ3) is 3.55. The number of carbonyl (C=O) groups is 1. The maximum atomic E-state index is 11.6. The molecule has 1 amide bonds. The van der Waals surface area contributed by atoms with Crippen molar-refractivity contribution in [2.75, 3.05) is 5.75 Å². The Bertz CT molecular complexity index is 1340. The molecule has 150 valence electrons. The van der Waals surface area contributed by atoms with Gasteiger partial charge in [-0.3, -0.25) is 4.79 Å². The average molecular weight is 501 g/mol. The number of amidine groups is 1. The van der Waals surface area contributed by atoms with E-state index in [9.17, 15) is 4.79 Å². The van der Waals surface area contributed by atoms with Crippen molar-refractivity contribution in [3.63, 3.8) is 0 Å². The van der Waals surface area contributed by atoms with E-state index in [0.717, 1.165) is 32.3 Å². The number of aliphatic imine (C=N–C) groups is 1. The molecule has 0 aliphatic carbocycles. The first kappa shape index (κ1) is 19.4. The molecule has 1 aliphatic rings. The lowest BCUT2D eigenvalue weighted by Gasteiger charge is -2.05. The first-order valence-electron chi connectivity index (χ1n) is 9.10. The van der Waals surface area contributed by atoms with Crippen LogP contribution < -0.4 is 5.32 Å². The highest BCUT2D eigenvalue weighted by atomic mass is 79.9. The van der Waals surface area contributed by atoms with Gasteiger partial charge in [-0.05, 0) is 36.4 Å². The smallest absolute Gasteiger partial charge is 0.236 e. The molecule has 1 aliphatic heterocycles. The summed E-state index contributed by atoms with van der Waals surface area (Å²) in [6, 6.07) is 15.6. The number of nitrogens with zero attached hydrogens (tertiary/aromatic N) is 4. The second kappa shape index (κ2) is 7.61. The summed E-state index contributed by atoms with van der Waals surface area (Å²) in [5, 5.41) is 9.89. The van der Waals surface area contributed by atoms with Crippen molar-refractivity contribution in [2.45, 2.75) is 0 Å². The van der Waals surface area contributed by atoms with Gasteiger partial charge in [0.25, 0.3) is 0 Å². The van der Waals surface area contributed by atoms with Crippen molar-refractivity contribution in [1.29, 1.82) is 0 Å². The number of fused-ring (bicyclic) bond motifs is 1. The van der Waals surface area contributed by atoms with Crippen molar-refractivity contribution in [1.82, 2.24) is 19.7 Å². The second-order valence-electron chi connectivity index (χ2n) is 6.85. The highest BCUT2D eigenvalue weighted by molar-refractivity contribution is 9.10. The van der Waals surface area contributed by atoms with Gasteiger partial charge in [0.1, 0.15) is 0 Å². The van der Waals surface area contributed by atoms with Gasteiger partial charge in [-0.15, -0.1) is 0 Å². The number of halogens is 2. The number of hydrogen-bond acceptors (Lipinski definition) is 4. The number of aryl methyl sites for hydroxylation is 1. The van der Waals surface area contributed by atoms with Gasteiger partial charge < -0.3 is 9.88 Å². The zero-order valence-electron chi connectivity index (χ0n) is 15.8. The highest BCUT2D eigenvalue weighted by Gasteiger charge is 2.20. The molecule has 2 aromatic heterocycles. The topological polar surface area (TPSA) is 64.2 Å². The van der Waals surface area contributed by atoms with E-state index in [1.165, 1.54) is 11.8 Å². The first-order chi connectivity index (χ1) is 14.5. The Morgan fingerprint density at radius 1 is 1.23 bits per heavy atom. The molecule has 5 rings (SSSR count). The molecule has 0 radical (unpaired) electrons. The highest BCUT2D eigenvalue weighted by Crippen LogP contribution is 2.35. The van der Waals surface area contributed by atoms with Crippen molar-refractivity contribution in [2.24, 2.45) is 12.0 Å². The van der Waals surface area contributed by atoms with Crippen molar-refractivity contribution in [3.8, 4) is 16.9 Å². The van der Waals surface area contributed by atoms with Gasteiger partial charge in [0.15, 0.2) is 11.0 Å². The molecule has 0 atom stereocenters. The predicted molar refractivity (Wildman–Crippen MR) is 126 cm³/mol. The Morgan fingerprint density at radius 3 is 2.87 bits per heavy atom. The van der Waals surface area contributed by atoms with Gasteiger partial charge >= 0.3 is 0 Å². The van der Waals surface area contributed by atoms with E-state index in [4.69, 9.17) is 16.7 Å². The van der Waals surface area contributed by atoms with E-state index >= 15 is 0 Å². The van der Waals surface area contributed by atoms with Crippen molar-refractivity contribution in [3.05, 3.63) is 64.2 Å². The standard InChI is InChI=1S/C21H15BrClN5OS/c1-27-10-16(15-7-12(22)5-6-18(15)27)17-9-19(24-21-25-20(29)11-30-21)28(26-17)14-4-2-3-13(23)8-14/h2-10H,11H2,1H3,(H,24,25,29). The quantitative estimate of drug-likeness (QED) is 0.415. The van der Waals surface area contributed by atoms with Gasteiger partial charge in [0, 0.05) is 45.3 Å².